The molecule has 0 saturated carbocycles. The van der Waals surface area contributed by atoms with Gasteiger partial charge in [-0.05, 0) is 24.3 Å². The topological polar surface area (TPSA) is 53.9 Å². The second-order valence-electron chi connectivity index (χ2n) is 7.33. The van der Waals surface area contributed by atoms with Crippen LogP contribution in [0.25, 0.3) is 0 Å². The van der Waals surface area contributed by atoms with E-state index in [-0.39, 0.29) is 12.6 Å². The van der Waals surface area contributed by atoms with Crippen LogP contribution in [-0.2, 0) is 10.0 Å². The van der Waals surface area contributed by atoms with E-state index in [4.69, 9.17) is 0 Å². The van der Waals surface area contributed by atoms with E-state index in [1.165, 1.54) is 4.90 Å². The number of anilines is 1. The van der Waals surface area contributed by atoms with Crippen LogP contribution < -0.4 is 14.5 Å². The number of halogens is 2. The lowest BCUT2D eigenvalue weighted by Gasteiger charge is -2.26. The first-order valence-corrected chi connectivity index (χ1v) is 10.8. The molecule has 0 spiro atoms. The van der Waals surface area contributed by atoms with E-state index in [1.54, 1.807) is 0 Å². The van der Waals surface area contributed by atoms with Gasteiger partial charge >= 0.3 is 0 Å². The molecule has 0 radical (unpaired) electrons. The molecule has 5 nitrogen and oxygen atoms in total. The van der Waals surface area contributed by atoms with Gasteiger partial charge in [-0.1, -0.05) is 12.1 Å². The molecular weight excluding hydrogens is 384 g/mol. The van der Waals surface area contributed by atoms with E-state index in [0.29, 0.717) is 6.07 Å². The predicted octanol–water partition coefficient (Wildman–Crippen LogP) is 1.73. The fourth-order valence-corrected chi connectivity index (χ4v) is 4.75. The molecule has 152 valence electrons. The highest BCUT2D eigenvalue weighted by atomic mass is 32.2. The molecule has 2 N–H and O–H groups in total. The Bertz CT molecular complexity index is 912. The lowest BCUT2D eigenvalue weighted by atomic mass is 10.1. The van der Waals surface area contributed by atoms with E-state index in [2.05, 4.69) is 4.72 Å². The first kappa shape index (κ1) is 20.7. The van der Waals surface area contributed by atoms with Gasteiger partial charge in [0.25, 0.3) is 0 Å². The Hall–Kier alpha value is -2.03. The number of hydrogen-bond acceptors (Lipinski definition) is 3. The summed E-state index contributed by atoms with van der Waals surface area (Å²) in [6, 6.07) is 10.4. The zero-order valence-electron chi connectivity index (χ0n) is 16.1. The van der Waals surface area contributed by atoms with Crippen molar-refractivity contribution in [3.05, 3.63) is 59.7 Å². The molecule has 1 atom stereocenters. The second-order valence-corrected chi connectivity index (χ2v) is 9.07. The SMILES string of the molecule is CN(C)c1ccc([C@H](CNS(=O)(=O)c2ccc(F)cc2F)[NH+]2CCCC2)cc1. The van der Waals surface area contributed by atoms with Crippen LogP contribution in [0.1, 0.15) is 24.4 Å². The Labute approximate surface area is 165 Å². The lowest BCUT2D eigenvalue weighted by Crippen LogP contribution is -3.11. The van der Waals surface area contributed by atoms with Crippen molar-refractivity contribution in [2.75, 3.05) is 38.6 Å². The van der Waals surface area contributed by atoms with Crippen molar-refractivity contribution in [3.63, 3.8) is 0 Å². The summed E-state index contributed by atoms with van der Waals surface area (Å²) >= 11 is 0. The number of benzene rings is 2. The van der Waals surface area contributed by atoms with Gasteiger partial charge in [-0.2, -0.15) is 0 Å². The summed E-state index contributed by atoms with van der Waals surface area (Å²) in [6.45, 7) is 2.08. The molecule has 1 saturated heterocycles. The summed E-state index contributed by atoms with van der Waals surface area (Å²) in [4.78, 5) is 2.77. The van der Waals surface area contributed by atoms with Crippen molar-refractivity contribution < 1.29 is 22.1 Å². The van der Waals surface area contributed by atoms with Gasteiger partial charge in [0.15, 0.2) is 0 Å². The average molecular weight is 411 g/mol. The molecule has 28 heavy (non-hydrogen) atoms. The number of nitrogens with zero attached hydrogens (tertiary/aromatic N) is 1. The van der Waals surface area contributed by atoms with Crippen molar-refractivity contribution in [3.8, 4) is 0 Å². The highest BCUT2D eigenvalue weighted by Crippen LogP contribution is 2.19. The maximum Gasteiger partial charge on any atom is 0.243 e. The van der Waals surface area contributed by atoms with Crippen LogP contribution >= 0.6 is 0 Å². The molecule has 0 amide bonds. The Morgan fingerprint density at radius 3 is 2.29 bits per heavy atom. The molecule has 2 aromatic carbocycles. The van der Waals surface area contributed by atoms with Crippen LogP contribution in [0.4, 0.5) is 14.5 Å². The Morgan fingerprint density at radius 2 is 1.71 bits per heavy atom. The minimum Gasteiger partial charge on any atom is -0.378 e. The highest BCUT2D eigenvalue weighted by molar-refractivity contribution is 7.89. The van der Waals surface area contributed by atoms with Gasteiger partial charge in [0.05, 0.1) is 19.6 Å². The van der Waals surface area contributed by atoms with E-state index < -0.39 is 26.6 Å². The molecule has 3 rings (SSSR count). The Morgan fingerprint density at radius 1 is 1.07 bits per heavy atom. The fraction of sp³-hybridized carbons (Fsp3) is 0.400. The molecule has 1 aliphatic rings. The average Bonchev–Trinajstić information content (AvgIpc) is 3.16. The molecule has 0 unspecified atom stereocenters. The van der Waals surface area contributed by atoms with Crippen molar-refractivity contribution >= 4 is 15.7 Å². The molecule has 8 heteroatoms. The van der Waals surface area contributed by atoms with Crippen LogP contribution in [-0.4, -0.2) is 42.1 Å². The largest absolute Gasteiger partial charge is 0.378 e. The van der Waals surface area contributed by atoms with E-state index in [0.717, 1.165) is 49.3 Å². The monoisotopic (exact) mass is 410 g/mol. The third-order valence-corrected chi connectivity index (χ3v) is 6.67. The van der Waals surface area contributed by atoms with E-state index in [1.807, 2.05) is 43.3 Å². The smallest absolute Gasteiger partial charge is 0.243 e. The molecule has 2 aromatic rings. The minimum atomic E-state index is -4.08. The van der Waals surface area contributed by atoms with Crippen LogP contribution in [0.3, 0.4) is 0 Å². The maximum absolute atomic E-state index is 13.9. The van der Waals surface area contributed by atoms with Gasteiger partial charge < -0.3 is 9.80 Å². The fourth-order valence-electron chi connectivity index (χ4n) is 3.64. The van der Waals surface area contributed by atoms with Gasteiger partial charge in [-0.25, -0.2) is 21.9 Å². The minimum absolute atomic E-state index is 0.0722. The molecule has 0 aromatic heterocycles. The van der Waals surface area contributed by atoms with Crippen LogP contribution in [0.15, 0.2) is 47.4 Å². The standard InChI is InChI=1S/C20H25F2N3O2S/c1-24(2)17-8-5-15(6-9-17)19(25-11-3-4-12-25)14-23-28(26,27)20-10-7-16(21)13-18(20)22/h5-10,13,19,23H,3-4,11-12,14H2,1-2H3/p+1/t19-/m0/s1. The summed E-state index contributed by atoms with van der Waals surface area (Å²) < 4.78 is 54.7. The molecule has 1 aliphatic heterocycles. The summed E-state index contributed by atoms with van der Waals surface area (Å²) in [6.07, 6.45) is 2.20. The van der Waals surface area contributed by atoms with Gasteiger partial charge in [-0.3, -0.25) is 0 Å². The summed E-state index contributed by atoms with van der Waals surface area (Å²) in [5.74, 6) is -1.90. The summed E-state index contributed by atoms with van der Waals surface area (Å²) in [5.41, 5.74) is 2.10. The lowest BCUT2D eigenvalue weighted by molar-refractivity contribution is -0.918. The summed E-state index contributed by atoms with van der Waals surface area (Å²) in [5, 5.41) is 0. The van der Waals surface area contributed by atoms with Crippen LogP contribution in [0, 0.1) is 11.6 Å². The summed E-state index contributed by atoms with van der Waals surface area (Å²) in [7, 11) is -0.151. The zero-order valence-corrected chi connectivity index (χ0v) is 16.9. The highest BCUT2D eigenvalue weighted by Gasteiger charge is 2.30. The molecular formula is C20H26F2N3O2S+. The Balaban J connectivity index is 1.81. The number of quaternary nitrogens is 1. The van der Waals surface area contributed by atoms with Gasteiger partial charge in [0.2, 0.25) is 10.0 Å². The van der Waals surface area contributed by atoms with Crippen molar-refractivity contribution in [2.45, 2.75) is 23.8 Å². The van der Waals surface area contributed by atoms with E-state index in [9.17, 15) is 17.2 Å². The van der Waals surface area contributed by atoms with Crippen molar-refractivity contribution in [1.29, 1.82) is 0 Å². The molecule has 0 aliphatic carbocycles. The first-order valence-electron chi connectivity index (χ1n) is 9.34. The third-order valence-electron chi connectivity index (χ3n) is 5.21. The Kier molecular flexibility index (Phi) is 6.32. The third kappa shape index (κ3) is 4.68. The number of nitrogens with one attached hydrogen (secondary N) is 2. The normalized spacial score (nSPS) is 16.3. The maximum atomic E-state index is 13.9. The number of rotatable bonds is 7. The molecule has 1 fully saturated rings. The van der Waals surface area contributed by atoms with E-state index >= 15 is 0 Å². The van der Waals surface area contributed by atoms with Crippen molar-refractivity contribution in [1.82, 2.24) is 4.72 Å². The van der Waals surface area contributed by atoms with Crippen molar-refractivity contribution in [2.24, 2.45) is 0 Å². The van der Waals surface area contributed by atoms with Crippen LogP contribution in [0.2, 0.25) is 0 Å². The number of sulfonamides is 1. The predicted molar refractivity (Wildman–Crippen MR) is 105 cm³/mol. The molecule has 0 bridgehead atoms. The van der Waals surface area contributed by atoms with Gasteiger partial charge in [0, 0.05) is 44.3 Å². The zero-order chi connectivity index (χ0) is 20.3. The quantitative estimate of drug-likeness (QED) is 0.731. The molecule has 1 heterocycles. The van der Waals surface area contributed by atoms with Gasteiger partial charge in [0.1, 0.15) is 22.6 Å². The number of hydrogen-bond donors (Lipinski definition) is 2. The first-order chi connectivity index (χ1) is 13.3. The van der Waals surface area contributed by atoms with Crippen LogP contribution in [0.5, 0.6) is 0 Å². The van der Waals surface area contributed by atoms with Gasteiger partial charge in [-0.15, -0.1) is 0 Å². The second kappa shape index (κ2) is 8.55. The number of likely N-dealkylation sites (tertiary alicyclic amines) is 1.